The lowest BCUT2D eigenvalue weighted by Gasteiger charge is -2.09. The SMILES string of the molecule is COc1cc(C=NNC(=O)c2ccc(NC(=O)Nc3ccccc3F)cc2)ccc1O. The number of halogens is 1. The van der Waals surface area contributed by atoms with E-state index in [-0.39, 0.29) is 17.2 Å². The average molecular weight is 422 g/mol. The zero-order valence-electron chi connectivity index (χ0n) is 16.4. The number of amides is 3. The molecule has 0 saturated carbocycles. The van der Waals surface area contributed by atoms with Gasteiger partial charge >= 0.3 is 6.03 Å². The minimum Gasteiger partial charge on any atom is -0.504 e. The lowest BCUT2D eigenvalue weighted by molar-refractivity contribution is 0.0955. The zero-order valence-corrected chi connectivity index (χ0v) is 16.4. The molecule has 0 unspecified atom stereocenters. The van der Waals surface area contributed by atoms with Gasteiger partial charge in [-0.3, -0.25) is 4.79 Å². The van der Waals surface area contributed by atoms with Crippen molar-refractivity contribution in [3.8, 4) is 11.5 Å². The molecule has 0 atom stereocenters. The Kier molecular flexibility index (Phi) is 6.79. The average Bonchev–Trinajstić information content (AvgIpc) is 2.77. The van der Waals surface area contributed by atoms with Gasteiger partial charge in [0.25, 0.3) is 5.91 Å². The second kappa shape index (κ2) is 9.88. The first-order valence-corrected chi connectivity index (χ1v) is 9.09. The second-order valence-electron chi connectivity index (χ2n) is 6.27. The van der Waals surface area contributed by atoms with Crippen LogP contribution in [0.15, 0.2) is 71.8 Å². The first kappa shape index (κ1) is 21.3. The number of nitrogens with zero attached hydrogens (tertiary/aromatic N) is 1. The van der Waals surface area contributed by atoms with Gasteiger partial charge < -0.3 is 20.5 Å². The summed E-state index contributed by atoms with van der Waals surface area (Å²) >= 11 is 0. The van der Waals surface area contributed by atoms with E-state index in [9.17, 15) is 19.1 Å². The molecule has 0 heterocycles. The summed E-state index contributed by atoms with van der Waals surface area (Å²) in [5.74, 6) is -0.710. The van der Waals surface area contributed by atoms with E-state index in [0.29, 0.717) is 16.8 Å². The molecule has 9 heteroatoms. The fraction of sp³-hybridized carbons (Fsp3) is 0.0455. The number of hydrogen-bond acceptors (Lipinski definition) is 5. The molecule has 3 rings (SSSR count). The van der Waals surface area contributed by atoms with E-state index in [1.807, 2.05) is 0 Å². The molecule has 0 aromatic heterocycles. The highest BCUT2D eigenvalue weighted by Crippen LogP contribution is 2.25. The highest BCUT2D eigenvalue weighted by Gasteiger charge is 2.08. The van der Waals surface area contributed by atoms with Gasteiger partial charge in [0.15, 0.2) is 11.5 Å². The molecule has 158 valence electrons. The van der Waals surface area contributed by atoms with E-state index in [4.69, 9.17) is 4.74 Å². The van der Waals surface area contributed by atoms with Crippen LogP contribution in [0.3, 0.4) is 0 Å². The minimum absolute atomic E-state index is 0.0000283. The number of carbonyl (C=O) groups is 2. The molecule has 3 aromatic carbocycles. The monoisotopic (exact) mass is 422 g/mol. The Balaban J connectivity index is 1.55. The number of ether oxygens (including phenoxy) is 1. The van der Waals surface area contributed by atoms with Crippen molar-refractivity contribution in [3.05, 3.63) is 83.7 Å². The van der Waals surface area contributed by atoms with Gasteiger partial charge in [0.1, 0.15) is 5.82 Å². The number of carbonyl (C=O) groups excluding carboxylic acids is 2. The van der Waals surface area contributed by atoms with Crippen molar-refractivity contribution in [1.82, 2.24) is 5.43 Å². The third-order valence-corrected chi connectivity index (χ3v) is 4.11. The summed E-state index contributed by atoms with van der Waals surface area (Å²) in [4.78, 5) is 24.2. The van der Waals surface area contributed by atoms with Crippen LogP contribution in [0.4, 0.5) is 20.6 Å². The maximum absolute atomic E-state index is 13.6. The zero-order chi connectivity index (χ0) is 22.2. The molecule has 0 aliphatic heterocycles. The Morgan fingerprint density at radius 2 is 1.77 bits per heavy atom. The third kappa shape index (κ3) is 5.80. The van der Waals surface area contributed by atoms with Crippen LogP contribution in [-0.4, -0.2) is 30.4 Å². The minimum atomic E-state index is -0.615. The van der Waals surface area contributed by atoms with Crippen LogP contribution in [0.25, 0.3) is 0 Å². The highest BCUT2D eigenvalue weighted by molar-refractivity contribution is 6.00. The summed E-state index contributed by atoms with van der Waals surface area (Å²) in [5, 5.41) is 18.4. The van der Waals surface area contributed by atoms with Crippen molar-refractivity contribution < 1.29 is 23.8 Å². The fourth-order valence-electron chi connectivity index (χ4n) is 2.56. The molecule has 0 aliphatic carbocycles. The second-order valence-corrected chi connectivity index (χ2v) is 6.27. The standard InChI is InChI=1S/C22H19FN4O4/c1-31-20-12-14(6-11-19(20)28)13-24-27-21(29)15-7-9-16(10-8-15)25-22(30)26-18-5-3-2-4-17(18)23/h2-13,28H,1H3,(H,27,29)(H2,25,26,30). The van der Waals surface area contributed by atoms with Crippen molar-refractivity contribution in [3.63, 3.8) is 0 Å². The summed E-state index contributed by atoms with van der Waals surface area (Å²) in [6.07, 6.45) is 1.41. The van der Waals surface area contributed by atoms with Gasteiger partial charge in [0.2, 0.25) is 0 Å². The molecular formula is C22H19FN4O4. The summed E-state index contributed by atoms with van der Waals surface area (Å²) in [6.45, 7) is 0. The van der Waals surface area contributed by atoms with Crippen LogP contribution >= 0.6 is 0 Å². The van der Waals surface area contributed by atoms with Crippen LogP contribution < -0.4 is 20.8 Å². The number of rotatable bonds is 6. The maximum atomic E-state index is 13.6. The molecule has 0 aliphatic rings. The van der Waals surface area contributed by atoms with Gasteiger partial charge in [-0.1, -0.05) is 12.1 Å². The normalized spacial score (nSPS) is 10.5. The molecule has 3 amide bonds. The number of benzene rings is 3. The predicted molar refractivity (Wildman–Crippen MR) is 115 cm³/mol. The molecule has 3 aromatic rings. The Bertz CT molecular complexity index is 1120. The quantitative estimate of drug-likeness (QED) is 0.356. The number of methoxy groups -OCH3 is 1. The Hall–Kier alpha value is -4.40. The van der Waals surface area contributed by atoms with Crippen molar-refractivity contribution in [2.45, 2.75) is 0 Å². The molecule has 0 fully saturated rings. The van der Waals surface area contributed by atoms with Crippen LogP contribution in [-0.2, 0) is 0 Å². The number of nitrogens with one attached hydrogen (secondary N) is 3. The summed E-state index contributed by atoms with van der Waals surface area (Å²) in [7, 11) is 1.43. The molecule has 8 nitrogen and oxygen atoms in total. The summed E-state index contributed by atoms with van der Waals surface area (Å²) in [5.41, 5.74) is 3.80. The number of aromatic hydroxyl groups is 1. The number of phenolic OH excluding ortho intramolecular Hbond substituents is 1. The number of phenols is 1. The van der Waals surface area contributed by atoms with Crippen molar-refractivity contribution >= 4 is 29.5 Å². The molecule has 0 spiro atoms. The molecule has 0 bridgehead atoms. The largest absolute Gasteiger partial charge is 0.504 e. The van der Waals surface area contributed by atoms with Crippen LogP contribution in [0.2, 0.25) is 0 Å². The molecule has 4 N–H and O–H groups in total. The number of urea groups is 1. The van der Waals surface area contributed by atoms with Crippen molar-refractivity contribution in [2.75, 3.05) is 17.7 Å². The van der Waals surface area contributed by atoms with E-state index in [1.54, 1.807) is 18.2 Å². The topological polar surface area (TPSA) is 112 Å². The van der Waals surface area contributed by atoms with Crippen LogP contribution in [0.5, 0.6) is 11.5 Å². The highest BCUT2D eigenvalue weighted by atomic mass is 19.1. The number of hydrazone groups is 1. The Morgan fingerprint density at radius 3 is 2.48 bits per heavy atom. The van der Waals surface area contributed by atoms with Gasteiger partial charge in [-0.15, -0.1) is 0 Å². The molecular weight excluding hydrogens is 403 g/mol. The lowest BCUT2D eigenvalue weighted by Crippen LogP contribution is -2.20. The van der Waals surface area contributed by atoms with E-state index in [2.05, 4.69) is 21.2 Å². The smallest absolute Gasteiger partial charge is 0.323 e. The van der Waals surface area contributed by atoms with Gasteiger partial charge in [-0.25, -0.2) is 14.6 Å². The molecule has 0 radical (unpaired) electrons. The summed E-state index contributed by atoms with van der Waals surface area (Å²) in [6, 6.07) is 15.9. The first-order chi connectivity index (χ1) is 15.0. The number of anilines is 2. The lowest BCUT2D eigenvalue weighted by atomic mass is 10.2. The maximum Gasteiger partial charge on any atom is 0.323 e. The van der Waals surface area contributed by atoms with Gasteiger partial charge in [0, 0.05) is 11.3 Å². The van der Waals surface area contributed by atoms with E-state index < -0.39 is 17.8 Å². The third-order valence-electron chi connectivity index (χ3n) is 4.11. The van der Waals surface area contributed by atoms with Gasteiger partial charge in [0.05, 0.1) is 19.0 Å². The fourth-order valence-corrected chi connectivity index (χ4v) is 2.56. The summed E-state index contributed by atoms with van der Waals surface area (Å²) < 4.78 is 18.6. The first-order valence-electron chi connectivity index (χ1n) is 9.09. The predicted octanol–water partition coefficient (Wildman–Crippen LogP) is 3.95. The Morgan fingerprint density at radius 1 is 1.03 bits per heavy atom. The number of para-hydroxylation sites is 1. The number of hydrogen-bond donors (Lipinski definition) is 4. The van der Waals surface area contributed by atoms with Crippen molar-refractivity contribution in [1.29, 1.82) is 0 Å². The van der Waals surface area contributed by atoms with E-state index in [0.717, 1.165) is 0 Å². The van der Waals surface area contributed by atoms with Crippen LogP contribution in [0.1, 0.15) is 15.9 Å². The van der Waals surface area contributed by atoms with E-state index in [1.165, 1.54) is 61.9 Å². The van der Waals surface area contributed by atoms with Crippen LogP contribution in [0, 0.1) is 5.82 Å². The van der Waals surface area contributed by atoms with E-state index >= 15 is 0 Å². The molecule has 31 heavy (non-hydrogen) atoms. The van der Waals surface area contributed by atoms with Gasteiger partial charge in [-0.05, 0) is 60.2 Å². The molecule has 0 saturated heterocycles. The van der Waals surface area contributed by atoms with Gasteiger partial charge in [-0.2, -0.15) is 5.10 Å². The Labute approximate surface area is 177 Å². The van der Waals surface area contributed by atoms with Crippen molar-refractivity contribution in [2.24, 2.45) is 5.10 Å².